The van der Waals surface area contributed by atoms with E-state index in [1.807, 2.05) is 6.07 Å². The molecule has 0 bridgehead atoms. The summed E-state index contributed by atoms with van der Waals surface area (Å²) in [5.41, 5.74) is 11.2. The maximum Gasteiger partial charge on any atom is 0.0349 e. The van der Waals surface area contributed by atoms with Gasteiger partial charge in [0.2, 0.25) is 0 Å². The van der Waals surface area contributed by atoms with Gasteiger partial charge in [-0.1, -0.05) is 6.07 Å². The number of benzene rings is 1. The average Bonchev–Trinajstić information content (AvgIpc) is 2.45. The molecule has 1 aromatic carbocycles. The van der Waals surface area contributed by atoms with Gasteiger partial charge >= 0.3 is 0 Å². The molecule has 0 heterocycles. The molecule has 1 aliphatic rings. The molecule has 1 heteroatoms. The van der Waals surface area contributed by atoms with Crippen LogP contribution in [0.2, 0.25) is 0 Å². The highest BCUT2D eigenvalue weighted by Gasteiger charge is 2.14. The van der Waals surface area contributed by atoms with E-state index in [1.54, 1.807) is 0 Å². The second kappa shape index (κ2) is 2.26. The molecule has 0 saturated carbocycles. The van der Waals surface area contributed by atoms with E-state index in [9.17, 15) is 0 Å². The molecule has 2 N–H and O–H groups in total. The van der Waals surface area contributed by atoms with E-state index in [0.717, 1.165) is 5.69 Å². The van der Waals surface area contributed by atoms with Crippen molar-refractivity contribution in [2.75, 3.05) is 5.73 Å². The van der Waals surface area contributed by atoms with Crippen LogP contribution in [0, 0.1) is 6.92 Å². The van der Waals surface area contributed by atoms with Gasteiger partial charge < -0.3 is 5.73 Å². The van der Waals surface area contributed by atoms with Crippen molar-refractivity contribution >= 4 is 5.69 Å². The molecule has 0 aromatic heterocycles. The molecule has 58 valence electrons. The van der Waals surface area contributed by atoms with E-state index in [1.165, 1.54) is 36.0 Å². The van der Waals surface area contributed by atoms with Crippen LogP contribution in [0.25, 0.3) is 0 Å². The van der Waals surface area contributed by atoms with Crippen molar-refractivity contribution in [1.29, 1.82) is 0 Å². The molecule has 11 heavy (non-hydrogen) atoms. The van der Waals surface area contributed by atoms with Crippen molar-refractivity contribution in [3.63, 3.8) is 0 Å². The van der Waals surface area contributed by atoms with Crippen LogP contribution in [-0.2, 0) is 12.8 Å². The van der Waals surface area contributed by atoms with Crippen molar-refractivity contribution in [2.24, 2.45) is 0 Å². The van der Waals surface area contributed by atoms with Crippen LogP contribution < -0.4 is 5.73 Å². The third kappa shape index (κ3) is 0.917. The molecule has 0 radical (unpaired) electrons. The highest BCUT2D eigenvalue weighted by atomic mass is 14.6. The number of hydrogen-bond acceptors (Lipinski definition) is 1. The Morgan fingerprint density at radius 1 is 1.18 bits per heavy atom. The molecule has 0 spiro atoms. The maximum absolute atomic E-state index is 5.84. The number of fused-ring (bicyclic) bond motifs is 1. The lowest BCUT2D eigenvalue weighted by atomic mass is 10.0. The summed E-state index contributed by atoms with van der Waals surface area (Å²) < 4.78 is 0. The Labute approximate surface area is 67.2 Å². The fourth-order valence-electron chi connectivity index (χ4n) is 1.91. The molecule has 2 rings (SSSR count). The first-order chi connectivity index (χ1) is 5.29. The first-order valence-corrected chi connectivity index (χ1v) is 4.16. The highest BCUT2D eigenvalue weighted by Crippen LogP contribution is 2.29. The molecule has 0 aliphatic heterocycles. The number of aryl methyl sites for hydroxylation is 1. The van der Waals surface area contributed by atoms with Crippen LogP contribution in [0.1, 0.15) is 23.1 Å². The first kappa shape index (κ1) is 6.71. The van der Waals surface area contributed by atoms with Gasteiger partial charge in [-0.15, -0.1) is 0 Å². The quantitative estimate of drug-likeness (QED) is 0.558. The predicted octanol–water partition coefficient (Wildman–Crippen LogP) is 2.07. The van der Waals surface area contributed by atoms with E-state index in [0.29, 0.717) is 0 Å². The lowest BCUT2D eigenvalue weighted by Crippen LogP contribution is -1.94. The third-order valence-corrected chi connectivity index (χ3v) is 2.56. The summed E-state index contributed by atoms with van der Waals surface area (Å²) in [5.74, 6) is 0. The normalized spacial score (nSPS) is 15.0. The molecule has 1 aromatic rings. The minimum atomic E-state index is 0.989. The minimum Gasteiger partial charge on any atom is -0.398 e. The number of rotatable bonds is 0. The van der Waals surface area contributed by atoms with Crippen LogP contribution in [0.4, 0.5) is 5.69 Å². The average molecular weight is 147 g/mol. The summed E-state index contributed by atoms with van der Waals surface area (Å²) in [6, 6.07) is 4.15. The van der Waals surface area contributed by atoms with Crippen LogP contribution in [0.3, 0.4) is 0 Å². The zero-order valence-electron chi connectivity index (χ0n) is 6.85. The van der Waals surface area contributed by atoms with Crippen LogP contribution in [-0.4, -0.2) is 0 Å². The summed E-state index contributed by atoms with van der Waals surface area (Å²) in [6.07, 6.45) is 3.69. The molecule has 0 atom stereocenters. The van der Waals surface area contributed by atoms with E-state index in [4.69, 9.17) is 5.73 Å². The maximum atomic E-state index is 5.84. The van der Waals surface area contributed by atoms with Gasteiger partial charge in [0.1, 0.15) is 0 Å². The summed E-state index contributed by atoms with van der Waals surface area (Å²) in [6.45, 7) is 2.17. The van der Waals surface area contributed by atoms with Crippen molar-refractivity contribution in [3.05, 3.63) is 28.8 Å². The highest BCUT2D eigenvalue weighted by molar-refractivity contribution is 5.55. The van der Waals surface area contributed by atoms with Gasteiger partial charge in [-0.25, -0.2) is 0 Å². The molecule has 0 amide bonds. The van der Waals surface area contributed by atoms with Gasteiger partial charge in [-0.2, -0.15) is 0 Å². The number of nitrogen functional groups attached to an aromatic ring is 1. The van der Waals surface area contributed by atoms with Gasteiger partial charge in [-0.05, 0) is 48.9 Å². The van der Waals surface area contributed by atoms with E-state index >= 15 is 0 Å². The summed E-state index contributed by atoms with van der Waals surface area (Å²) in [4.78, 5) is 0. The lowest BCUT2D eigenvalue weighted by Gasteiger charge is -2.05. The smallest absolute Gasteiger partial charge is 0.0349 e. The third-order valence-electron chi connectivity index (χ3n) is 2.56. The fraction of sp³-hybridized carbons (Fsp3) is 0.400. The molecular formula is C10H13N. The summed E-state index contributed by atoms with van der Waals surface area (Å²) in [5, 5.41) is 0. The Morgan fingerprint density at radius 2 is 1.91 bits per heavy atom. The van der Waals surface area contributed by atoms with Gasteiger partial charge in [-0.3, -0.25) is 0 Å². The first-order valence-electron chi connectivity index (χ1n) is 4.16. The van der Waals surface area contributed by atoms with E-state index in [-0.39, 0.29) is 0 Å². The zero-order chi connectivity index (χ0) is 7.84. The number of hydrogen-bond donors (Lipinski definition) is 1. The SMILES string of the molecule is Cc1ccc(N)c2c1CCC2. The Morgan fingerprint density at radius 3 is 2.64 bits per heavy atom. The van der Waals surface area contributed by atoms with Gasteiger partial charge in [0, 0.05) is 5.69 Å². The number of nitrogens with two attached hydrogens (primary N) is 1. The van der Waals surface area contributed by atoms with E-state index < -0.39 is 0 Å². The zero-order valence-corrected chi connectivity index (χ0v) is 6.85. The lowest BCUT2D eigenvalue weighted by molar-refractivity contribution is 0.910. The largest absolute Gasteiger partial charge is 0.398 e. The van der Waals surface area contributed by atoms with Crippen molar-refractivity contribution in [2.45, 2.75) is 26.2 Å². The molecule has 0 saturated heterocycles. The van der Waals surface area contributed by atoms with Crippen LogP contribution in [0.15, 0.2) is 12.1 Å². The molecule has 1 nitrogen and oxygen atoms in total. The second-order valence-electron chi connectivity index (χ2n) is 3.28. The Balaban J connectivity index is 2.64. The summed E-state index contributed by atoms with van der Waals surface area (Å²) >= 11 is 0. The van der Waals surface area contributed by atoms with E-state index in [2.05, 4.69) is 13.0 Å². The minimum absolute atomic E-state index is 0.989. The molecular weight excluding hydrogens is 134 g/mol. The predicted molar refractivity (Wildman–Crippen MR) is 47.6 cm³/mol. The number of anilines is 1. The monoisotopic (exact) mass is 147 g/mol. The standard InChI is InChI=1S/C10H13N/c1-7-5-6-10(11)9-4-2-3-8(7)9/h5-6H,2-4,11H2,1H3. The van der Waals surface area contributed by atoms with Gasteiger partial charge in [0.15, 0.2) is 0 Å². The van der Waals surface area contributed by atoms with Crippen molar-refractivity contribution in [3.8, 4) is 0 Å². The molecule has 1 aliphatic carbocycles. The van der Waals surface area contributed by atoms with Crippen LogP contribution >= 0.6 is 0 Å². The Bertz CT molecular complexity index is 260. The Hall–Kier alpha value is -0.980. The Kier molecular flexibility index (Phi) is 1.38. The fourth-order valence-corrected chi connectivity index (χ4v) is 1.91. The van der Waals surface area contributed by atoms with Crippen molar-refractivity contribution < 1.29 is 0 Å². The van der Waals surface area contributed by atoms with Gasteiger partial charge in [0.05, 0.1) is 0 Å². The molecule has 0 fully saturated rings. The molecule has 0 unspecified atom stereocenters. The van der Waals surface area contributed by atoms with Crippen LogP contribution in [0.5, 0.6) is 0 Å². The van der Waals surface area contributed by atoms with Crippen molar-refractivity contribution in [1.82, 2.24) is 0 Å². The van der Waals surface area contributed by atoms with Gasteiger partial charge in [0.25, 0.3) is 0 Å². The summed E-state index contributed by atoms with van der Waals surface area (Å²) in [7, 11) is 0. The topological polar surface area (TPSA) is 26.0 Å². The second-order valence-corrected chi connectivity index (χ2v) is 3.28.